The number of Topliss-reactive ketones (excluding diaryl/α,β-unsaturated/α-hetero) is 1. The van der Waals surface area contributed by atoms with Crippen LogP contribution in [0.3, 0.4) is 0 Å². The van der Waals surface area contributed by atoms with Crippen molar-refractivity contribution in [3.63, 3.8) is 0 Å². The van der Waals surface area contributed by atoms with Crippen LogP contribution in [-0.2, 0) is 11.4 Å². The normalized spacial score (nSPS) is 14.8. The minimum atomic E-state index is -1.04. The lowest BCUT2D eigenvalue weighted by Gasteiger charge is -2.25. The van der Waals surface area contributed by atoms with Crippen LogP contribution >= 0.6 is 11.3 Å². The zero-order valence-corrected chi connectivity index (χ0v) is 25.7. The Bertz CT molecular complexity index is 2100. The molecule has 0 saturated heterocycles. The molecule has 10 heteroatoms. The van der Waals surface area contributed by atoms with Crippen LogP contribution in [0.2, 0.25) is 0 Å². The number of furan rings is 1. The van der Waals surface area contributed by atoms with E-state index in [9.17, 15) is 14.7 Å². The number of rotatable bonds is 10. The average molecular weight is 633 g/mol. The molecule has 0 radical (unpaired) electrons. The molecule has 0 unspecified atom stereocenters. The predicted molar refractivity (Wildman–Crippen MR) is 175 cm³/mol. The van der Waals surface area contributed by atoms with Gasteiger partial charge < -0.3 is 23.7 Å². The highest BCUT2D eigenvalue weighted by Gasteiger charge is 2.47. The van der Waals surface area contributed by atoms with Crippen LogP contribution in [0.15, 0.2) is 113 Å². The van der Waals surface area contributed by atoms with E-state index in [-0.39, 0.29) is 11.3 Å². The van der Waals surface area contributed by atoms with Gasteiger partial charge in [0, 0.05) is 5.39 Å². The number of carbonyl (C=O) groups is 2. The summed E-state index contributed by atoms with van der Waals surface area (Å²) in [7, 11) is 1.52. The van der Waals surface area contributed by atoms with Gasteiger partial charge in [-0.25, -0.2) is 4.98 Å². The lowest BCUT2D eigenvalue weighted by atomic mass is 9.95. The van der Waals surface area contributed by atoms with Crippen LogP contribution in [0.4, 0.5) is 5.13 Å². The van der Waals surface area contributed by atoms with E-state index < -0.39 is 23.5 Å². The van der Waals surface area contributed by atoms with Crippen molar-refractivity contribution >= 4 is 49.3 Å². The first-order valence-electron chi connectivity index (χ1n) is 14.6. The molecule has 1 amide bonds. The number of aliphatic hydroxyl groups excluding tert-OH is 1. The number of ether oxygens (including phenoxy) is 3. The number of fused-ring (bicyclic) bond motifs is 2. The summed E-state index contributed by atoms with van der Waals surface area (Å²) in [6.45, 7) is 2.72. The first-order valence-corrected chi connectivity index (χ1v) is 15.4. The Hall–Kier alpha value is -5.61. The SMILES string of the molecule is CCOc1ccc2nc(N3C(=O)C(O)=C(C(=O)c4cc5ccccc5o4)[C@H]3c3ccc(OCc4ccccc4)c(OC)c3)sc2c1. The van der Waals surface area contributed by atoms with Crippen molar-refractivity contribution in [2.24, 2.45) is 0 Å². The molecule has 0 fully saturated rings. The van der Waals surface area contributed by atoms with Crippen LogP contribution in [0.5, 0.6) is 17.2 Å². The maximum absolute atomic E-state index is 14.1. The molecule has 0 aliphatic carbocycles. The zero-order valence-electron chi connectivity index (χ0n) is 24.9. The maximum Gasteiger partial charge on any atom is 0.296 e. The second-order valence-electron chi connectivity index (χ2n) is 10.6. The van der Waals surface area contributed by atoms with Crippen molar-refractivity contribution in [1.29, 1.82) is 0 Å². The molecule has 1 atom stereocenters. The van der Waals surface area contributed by atoms with E-state index in [1.807, 2.05) is 67.6 Å². The van der Waals surface area contributed by atoms with Gasteiger partial charge >= 0.3 is 0 Å². The van der Waals surface area contributed by atoms with Gasteiger partial charge in [-0.1, -0.05) is 65.9 Å². The number of ketones is 1. The standard InChI is InChI=1S/C36H28N2O7S/c1-3-43-24-14-15-25-30(19-24)46-36(37-25)38-32(23-13-16-27(28(18-23)42-2)44-20-21-9-5-4-6-10-21)31(34(40)35(38)41)33(39)29-17-22-11-7-8-12-26(22)45-29/h4-19,32,40H,3,20H2,1-2H3/t32-/m1/s1. The number of methoxy groups -OCH3 is 1. The predicted octanol–water partition coefficient (Wildman–Crippen LogP) is 7.81. The summed E-state index contributed by atoms with van der Waals surface area (Å²) < 4.78 is 24.1. The Morgan fingerprint density at radius 1 is 0.957 bits per heavy atom. The number of anilines is 1. The van der Waals surface area contributed by atoms with E-state index in [0.717, 1.165) is 15.6 Å². The Labute approximate surface area is 267 Å². The molecular weight excluding hydrogens is 604 g/mol. The third kappa shape index (κ3) is 5.22. The second kappa shape index (κ2) is 12.1. The van der Waals surface area contributed by atoms with Crippen molar-refractivity contribution < 1.29 is 33.3 Å². The number of thiazole rings is 1. The van der Waals surface area contributed by atoms with Gasteiger partial charge in [0.05, 0.1) is 35.5 Å². The third-order valence-corrected chi connectivity index (χ3v) is 8.73. The Morgan fingerprint density at radius 2 is 1.76 bits per heavy atom. The van der Waals surface area contributed by atoms with Gasteiger partial charge in [-0.2, -0.15) is 0 Å². The molecule has 9 nitrogen and oxygen atoms in total. The lowest BCUT2D eigenvalue weighted by molar-refractivity contribution is -0.117. The summed E-state index contributed by atoms with van der Waals surface area (Å²) in [6, 6.07) is 28.2. The maximum atomic E-state index is 14.1. The molecule has 1 aliphatic rings. The Kier molecular flexibility index (Phi) is 7.63. The topological polar surface area (TPSA) is 111 Å². The fraction of sp³-hybridized carbons (Fsp3) is 0.139. The van der Waals surface area contributed by atoms with Crippen molar-refractivity contribution in [3.05, 3.63) is 125 Å². The number of nitrogens with zero attached hydrogens (tertiary/aromatic N) is 2. The number of benzene rings is 4. The quantitative estimate of drug-likeness (QED) is 0.152. The van der Waals surface area contributed by atoms with Crippen LogP contribution in [-0.4, -0.2) is 35.5 Å². The highest BCUT2D eigenvalue weighted by molar-refractivity contribution is 7.22. The van der Waals surface area contributed by atoms with E-state index in [2.05, 4.69) is 0 Å². The Morgan fingerprint density at radius 3 is 2.54 bits per heavy atom. The van der Waals surface area contributed by atoms with Crippen LogP contribution in [0.1, 0.15) is 34.6 Å². The molecule has 0 spiro atoms. The third-order valence-electron chi connectivity index (χ3n) is 7.71. The summed E-state index contributed by atoms with van der Waals surface area (Å²) in [5.41, 5.74) is 2.53. The zero-order chi connectivity index (χ0) is 31.8. The average Bonchev–Trinajstić information content (AvgIpc) is 3.78. The van der Waals surface area contributed by atoms with Crippen molar-refractivity contribution in [1.82, 2.24) is 4.98 Å². The second-order valence-corrected chi connectivity index (χ2v) is 11.6. The van der Waals surface area contributed by atoms with Gasteiger partial charge in [-0.05, 0) is 60.5 Å². The summed E-state index contributed by atoms with van der Waals surface area (Å²) in [6.07, 6.45) is 0. The molecule has 6 aromatic rings. The number of para-hydroxylation sites is 1. The van der Waals surface area contributed by atoms with Crippen LogP contribution in [0, 0.1) is 0 Å². The molecule has 1 N–H and O–H groups in total. The van der Waals surface area contributed by atoms with Crippen molar-refractivity contribution in [2.45, 2.75) is 19.6 Å². The monoisotopic (exact) mass is 632 g/mol. The van der Waals surface area contributed by atoms with Crippen molar-refractivity contribution in [3.8, 4) is 17.2 Å². The fourth-order valence-electron chi connectivity index (χ4n) is 5.54. The van der Waals surface area contributed by atoms with E-state index in [0.29, 0.717) is 52.3 Å². The number of amides is 1. The summed E-state index contributed by atoms with van der Waals surface area (Å²) in [4.78, 5) is 34.0. The number of hydrogen-bond donors (Lipinski definition) is 1. The fourth-order valence-corrected chi connectivity index (χ4v) is 6.56. The molecule has 230 valence electrons. The molecule has 46 heavy (non-hydrogen) atoms. The molecule has 7 rings (SSSR count). The highest BCUT2D eigenvalue weighted by Crippen LogP contribution is 2.46. The van der Waals surface area contributed by atoms with Crippen LogP contribution in [0.25, 0.3) is 21.2 Å². The van der Waals surface area contributed by atoms with Gasteiger partial charge in [0.25, 0.3) is 5.91 Å². The van der Waals surface area contributed by atoms with Crippen molar-refractivity contribution in [2.75, 3.05) is 18.6 Å². The minimum Gasteiger partial charge on any atom is -0.503 e. The largest absolute Gasteiger partial charge is 0.503 e. The van der Waals surface area contributed by atoms with Crippen LogP contribution < -0.4 is 19.1 Å². The number of hydrogen-bond acceptors (Lipinski definition) is 9. The number of carbonyl (C=O) groups excluding carboxylic acids is 2. The van der Waals surface area contributed by atoms with Gasteiger partial charge in [0.1, 0.15) is 17.9 Å². The van der Waals surface area contributed by atoms with Gasteiger partial charge in [0.2, 0.25) is 5.78 Å². The van der Waals surface area contributed by atoms with Gasteiger partial charge in [-0.15, -0.1) is 0 Å². The first kappa shape index (κ1) is 29.1. The molecular formula is C36H28N2O7S. The molecule has 3 heterocycles. The summed E-state index contributed by atoms with van der Waals surface area (Å²) >= 11 is 1.26. The molecule has 4 aromatic carbocycles. The van der Waals surface area contributed by atoms with Gasteiger partial charge in [0.15, 0.2) is 28.1 Å². The number of aliphatic hydroxyl groups is 1. The molecule has 2 aromatic heterocycles. The first-order chi connectivity index (χ1) is 22.4. The summed E-state index contributed by atoms with van der Waals surface area (Å²) in [5.74, 6) is -0.487. The molecule has 0 saturated carbocycles. The minimum absolute atomic E-state index is 0.00263. The lowest BCUT2D eigenvalue weighted by Crippen LogP contribution is -2.31. The summed E-state index contributed by atoms with van der Waals surface area (Å²) in [5, 5.41) is 12.4. The highest BCUT2D eigenvalue weighted by atomic mass is 32.1. The van der Waals surface area contributed by atoms with E-state index in [1.165, 1.54) is 23.3 Å². The Balaban J connectivity index is 1.32. The molecule has 1 aliphatic heterocycles. The molecule has 0 bridgehead atoms. The van der Waals surface area contributed by atoms with Gasteiger partial charge in [-0.3, -0.25) is 14.5 Å². The van der Waals surface area contributed by atoms with E-state index in [1.54, 1.807) is 36.4 Å². The number of aromatic nitrogens is 1. The van der Waals surface area contributed by atoms with E-state index >= 15 is 0 Å². The van der Waals surface area contributed by atoms with E-state index in [4.69, 9.17) is 23.6 Å². The smallest absolute Gasteiger partial charge is 0.296 e.